The van der Waals surface area contributed by atoms with Crippen molar-refractivity contribution in [3.63, 3.8) is 0 Å². The Kier molecular flexibility index (Phi) is 5.08. The molecule has 1 saturated heterocycles. The van der Waals surface area contributed by atoms with E-state index in [1.165, 1.54) is 6.92 Å². The zero-order chi connectivity index (χ0) is 21.6. The van der Waals surface area contributed by atoms with E-state index in [0.29, 0.717) is 36.7 Å². The van der Waals surface area contributed by atoms with Gasteiger partial charge in [-0.2, -0.15) is 0 Å². The fourth-order valence-electron chi connectivity index (χ4n) is 3.79. The Hall–Kier alpha value is -3.17. The number of benzene rings is 1. The van der Waals surface area contributed by atoms with E-state index >= 15 is 0 Å². The van der Waals surface area contributed by atoms with Gasteiger partial charge in [0.25, 0.3) is 6.43 Å². The summed E-state index contributed by atoms with van der Waals surface area (Å²) >= 11 is 0. The summed E-state index contributed by atoms with van der Waals surface area (Å²) in [5.41, 5.74) is 6.90. The Balaban J connectivity index is 1.69. The lowest BCUT2D eigenvalue weighted by Gasteiger charge is -2.20. The second kappa shape index (κ2) is 7.58. The fraction of sp³-hybridized carbons (Fsp3) is 0.450. The smallest absolute Gasteiger partial charge is 0.416 e. The molecule has 3 atom stereocenters. The van der Waals surface area contributed by atoms with Crippen LogP contribution in [-0.2, 0) is 22.5 Å². The lowest BCUT2D eigenvalue weighted by atomic mass is 9.99. The van der Waals surface area contributed by atoms with Gasteiger partial charge in [0.1, 0.15) is 30.3 Å². The van der Waals surface area contributed by atoms with Crippen molar-refractivity contribution >= 4 is 17.8 Å². The highest BCUT2D eigenvalue weighted by Gasteiger charge is 2.47. The Morgan fingerprint density at radius 2 is 2.17 bits per heavy atom. The third-order valence-corrected chi connectivity index (χ3v) is 5.44. The van der Waals surface area contributed by atoms with Gasteiger partial charge in [0.05, 0.1) is 12.1 Å². The third kappa shape index (κ3) is 3.46. The van der Waals surface area contributed by atoms with E-state index in [9.17, 15) is 18.4 Å². The highest BCUT2D eigenvalue weighted by atomic mass is 19.3. The molecule has 10 heteroatoms. The minimum Gasteiger partial charge on any atom is -0.491 e. The topological polar surface area (TPSA) is 99.7 Å². The Labute approximate surface area is 171 Å². The second-order valence-electron chi connectivity index (χ2n) is 7.59. The summed E-state index contributed by atoms with van der Waals surface area (Å²) in [6.45, 7) is 3.96. The summed E-state index contributed by atoms with van der Waals surface area (Å²) in [7, 11) is 0. The molecule has 0 saturated carbocycles. The number of anilines is 1. The molecule has 0 bridgehead atoms. The summed E-state index contributed by atoms with van der Waals surface area (Å²) in [4.78, 5) is 28.9. The molecular weight excluding hydrogens is 398 g/mol. The van der Waals surface area contributed by atoms with Crippen molar-refractivity contribution in [2.75, 3.05) is 11.5 Å². The van der Waals surface area contributed by atoms with Crippen LogP contribution in [-0.4, -0.2) is 46.7 Å². The predicted molar refractivity (Wildman–Crippen MR) is 103 cm³/mol. The number of alkyl halides is 2. The number of carbonyl (C=O) groups is 2. The molecule has 0 unspecified atom stereocenters. The molecule has 8 nitrogen and oxygen atoms in total. The van der Waals surface area contributed by atoms with Crippen molar-refractivity contribution < 1.29 is 27.8 Å². The van der Waals surface area contributed by atoms with Gasteiger partial charge in [-0.1, -0.05) is 13.0 Å². The van der Waals surface area contributed by atoms with Gasteiger partial charge >= 0.3 is 6.09 Å². The van der Waals surface area contributed by atoms with Gasteiger partial charge in [-0.3, -0.25) is 4.79 Å². The monoisotopic (exact) mass is 420 g/mol. The Morgan fingerprint density at radius 3 is 2.87 bits per heavy atom. The Morgan fingerprint density at radius 1 is 1.40 bits per heavy atom. The average molecular weight is 420 g/mol. The number of halogens is 2. The number of amides is 2. The van der Waals surface area contributed by atoms with Crippen molar-refractivity contribution in [3.05, 3.63) is 30.0 Å². The number of fused-ring (bicyclic) bond motifs is 3. The molecule has 0 aliphatic carbocycles. The molecule has 2 aliphatic rings. The van der Waals surface area contributed by atoms with Crippen LogP contribution in [0.25, 0.3) is 11.4 Å². The van der Waals surface area contributed by atoms with Crippen LogP contribution in [0.2, 0.25) is 0 Å². The van der Waals surface area contributed by atoms with Gasteiger partial charge in [-0.15, -0.1) is 0 Å². The molecule has 2 aromatic rings. The number of primary amides is 1. The number of nitrogens with two attached hydrogens (primary N) is 1. The first kappa shape index (κ1) is 20.1. The van der Waals surface area contributed by atoms with Crippen LogP contribution in [0.1, 0.15) is 19.4 Å². The minimum atomic E-state index is -2.77. The summed E-state index contributed by atoms with van der Waals surface area (Å²) in [6.07, 6.45) is -2.51. The SMILES string of the molecule is C[C@H](Cc1ccc2c(c1)OCCn1cc(N3C(=O)O[C@@H](C)[C@H]3C(F)F)nc1-2)C(N)=O. The Bertz CT molecular complexity index is 993. The quantitative estimate of drug-likeness (QED) is 0.802. The number of carbonyl (C=O) groups excluding carboxylic acids is 2. The maximum absolute atomic E-state index is 13.5. The fourth-order valence-corrected chi connectivity index (χ4v) is 3.79. The molecule has 0 radical (unpaired) electrons. The molecule has 160 valence electrons. The van der Waals surface area contributed by atoms with Crippen LogP contribution in [0.5, 0.6) is 5.75 Å². The van der Waals surface area contributed by atoms with Gasteiger partial charge < -0.3 is 19.8 Å². The number of imidazole rings is 1. The molecule has 1 fully saturated rings. The summed E-state index contributed by atoms with van der Waals surface area (Å²) < 4.78 is 39.7. The lowest BCUT2D eigenvalue weighted by Crippen LogP contribution is -2.41. The maximum atomic E-state index is 13.5. The minimum absolute atomic E-state index is 0.115. The highest BCUT2D eigenvalue weighted by molar-refractivity contribution is 5.90. The number of hydrogen-bond donors (Lipinski definition) is 1. The van der Waals surface area contributed by atoms with Crippen molar-refractivity contribution in [1.29, 1.82) is 0 Å². The van der Waals surface area contributed by atoms with E-state index in [-0.39, 0.29) is 17.6 Å². The lowest BCUT2D eigenvalue weighted by molar-refractivity contribution is -0.121. The molecule has 2 aliphatic heterocycles. The molecule has 2 N–H and O–H groups in total. The van der Waals surface area contributed by atoms with Crippen molar-refractivity contribution in [2.24, 2.45) is 11.7 Å². The zero-order valence-corrected chi connectivity index (χ0v) is 16.5. The van der Waals surface area contributed by atoms with E-state index in [2.05, 4.69) is 4.98 Å². The number of nitrogens with zero attached hydrogens (tertiary/aromatic N) is 3. The molecule has 30 heavy (non-hydrogen) atoms. The summed E-state index contributed by atoms with van der Waals surface area (Å²) in [5.74, 6) is 0.488. The van der Waals surface area contributed by atoms with E-state index in [4.69, 9.17) is 15.2 Å². The molecule has 1 aromatic carbocycles. The van der Waals surface area contributed by atoms with E-state index in [1.54, 1.807) is 17.7 Å². The molecule has 2 amide bonds. The van der Waals surface area contributed by atoms with Crippen molar-refractivity contribution in [1.82, 2.24) is 9.55 Å². The van der Waals surface area contributed by atoms with Crippen molar-refractivity contribution in [2.45, 2.75) is 45.4 Å². The zero-order valence-electron chi connectivity index (χ0n) is 16.5. The molecule has 3 heterocycles. The van der Waals surface area contributed by atoms with Gasteiger partial charge in [-0.05, 0) is 31.0 Å². The summed E-state index contributed by atoms with van der Waals surface area (Å²) in [6, 6.07) is 4.08. The molecular formula is C20H22F2N4O4. The first-order chi connectivity index (χ1) is 14.3. The second-order valence-corrected chi connectivity index (χ2v) is 7.59. The van der Waals surface area contributed by atoms with Crippen molar-refractivity contribution in [3.8, 4) is 17.1 Å². The van der Waals surface area contributed by atoms with Gasteiger partial charge in [0.2, 0.25) is 5.91 Å². The molecule has 0 spiro atoms. The van der Waals surface area contributed by atoms with Crippen LogP contribution in [0.15, 0.2) is 24.4 Å². The van der Waals surface area contributed by atoms with Crippen LogP contribution >= 0.6 is 0 Å². The van der Waals surface area contributed by atoms with Gasteiger partial charge in [0, 0.05) is 12.1 Å². The van der Waals surface area contributed by atoms with Gasteiger partial charge in [-0.25, -0.2) is 23.5 Å². The van der Waals surface area contributed by atoms with Gasteiger partial charge in [0.15, 0.2) is 5.82 Å². The highest BCUT2D eigenvalue weighted by Crippen LogP contribution is 2.37. The number of rotatable bonds is 5. The van der Waals surface area contributed by atoms with E-state index in [0.717, 1.165) is 10.5 Å². The number of hydrogen-bond acceptors (Lipinski definition) is 5. The predicted octanol–water partition coefficient (Wildman–Crippen LogP) is 2.59. The van der Waals surface area contributed by atoms with Crippen LogP contribution in [0, 0.1) is 5.92 Å². The van der Waals surface area contributed by atoms with Crippen LogP contribution in [0.3, 0.4) is 0 Å². The van der Waals surface area contributed by atoms with E-state index < -0.39 is 24.7 Å². The average Bonchev–Trinajstić information content (AvgIpc) is 3.16. The summed E-state index contributed by atoms with van der Waals surface area (Å²) in [5, 5.41) is 0. The first-order valence-electron chi connectivity index (χ1n) is 9.67. The normalized spacial score (nSPS) is 21.5. The number of ether oxygens (including phenoxy) is 2. The number of cyclic esters (lactones) is 1. The first-order valence-corrected chi connectivity index (χ1v) is 9.67. The van der Waals surface area contributed by atoms with Crippen LogP contribution < -0.4 is 15.4 Å². The molecule has 4 rings (SSSR count). The third-order valence-electron chi connectivity index (χ3n) is 5.44. The largest absolute Gasteiger partial charge is 0.491 e. The maximum Gasteiger partial charge on any atom is 0.416 e. The van der Waals surface area contributed by atoms with Crippen LogP contribution in [0.4, 0.5) is 19.4 Å². The number of aromatic nitrogens is 2. The standard InChI is InChI=1S/C20H22F2N4O4/c1-10(18(23)27)7-12-3-4-13-14(8-12)29-6-5-25-9-15(24-19(13)25)26-16(17(21)22)11(2)30-20(26)28/h3-4,8-11,16-17H,5-7H2,1-2H3,(H2,23,27)/t10-,11+,16+/m1/s1. The van der Waals surface area contributed by atoms with E-state index in [1.807, 2.05) is 18.2 Å². The molecule has 1 aromatic heterocycles.